The van der Waals surface area contributed by atoms with Crippen molar-refractivity contribution in [2.45, 2.75) is 57.0 Å². The van der Waals surface area contributed by atoms with Crippen molar-refractivity contribution in [1.29, 1.82) is 0 Å². The van der Waals surface area contributed by atoms with Gasteiger partial charge in [-0.1, -0.05) is 6.07 Å². The highest BCUT2D eigenvalue weighted by molar-refractivity contribution is 5.77. The average Bonchev–Trinajstić information content (AvgIpc) is 2.85. The number of carbonyl (C=O) groups is 1. The Hall–Kier alpha value is -2.49. The van der Waals surface area contributed by atoms with E-state index in [0.717, 1.165) is 11.8 Å². The molecule has 1 aromatic heterocycles. The van der Waals surface area contributed by atoms with Crippen LogP contribution in [0.3, 0.4) is 0 Å². The summed E-state index contributed by atoms with van der Waals surface area (Å²) < 4.78 is 40.5. The molecule has 1 amide bonds. The molecule has 0 bridgehead atoms. The molecule has 2 aromatic rings. The number of rotatable bonds is 6. The highest BCUT2D eigenvalue weighted by Crippen LogP contribution is 2.19. The minimum absolute atomic E-state index is 0.00370. The van der Waals surface area contributed by atoms with Gasteiger partial charge in [-0.2, -0.15) is 0 Å². The summed E-state index contributed by atoms with van der Waals surface area (Å²) in [7, 11) is 0. The van der Waals surface area contributed by atoms with Gasteiger partial charge in [-0.05, 0) is 43.5 Å². The predicted molar refractivity (Wildman–Crippen MR) is 109 cm³/mol. The molecule has 6 nitrogen and oxygen atoms in total. The standard InChI is InChI=1S/C22H27F3N4O2/c1-13-5-7-29(20(22(31)28-13)11-16-4-2-3-6-27-16)21(30)10-15(26)8-14-9-18(24)19(25)12-17(14)23/h2-4,6,9,12-13,15,20,22,28,31H,5,7-8,10-11,26H2,1H3. The Kier molecular flexibility index (Phi) is 7.64. The summed E-state index contributed by atoms with van der Waals surface area (Å²) in [6, 6.07) is 5.32. The van der Waals surface area contributed by atoms with Crippen LogP contribution in [0.1, 0.15) is 31.0 Å². The van der Waals surface area contributed by atoms with Crippen molar-refractivity contribution in [3.8, 4) is 0 Å². The summed E-state index contributed by atoms with van der Waals surface area (Å²) in [6.07, 6.45) is 1.42. The van der Waals surface area contributed by atoms with E-state index >= 15 is 0 Å². The highest BCUT2D eigenvalue weighted by atomic mass is 19.2. The molecule has 9 heteroatoms. The molecular formula is C22H27F3N4O2. The van der Waals surface area contributed by atoms with E-state index in [-0.39, 0.29) is 30.4 Å². The molecule has 1 aromatic carbocycles. The first-order valence-corrected chi connectivity index (χ1v) is 10.3. The van der Waals surface area contributed by atoms with Crippen LogP contribution < -0.4 is 11.1 Å². The fourth-order valence-corrected chi connectivity index (χ4v) is 3.84. The third-order valence-corrected chi connectivity index (χ3v) is 5.50. The summed E-state index contributed by atoms with van der Waals surface area (Å²) in [4.78, 5) is 18.9. The highest BCUT2D eigenvalue weighted by Gasteiger charge is 2.34. The number of aliphatic hydroxyl groups is 1. The van der Waals surface area contributed by atoms with Gasteiger partial charge in [0.2, 0.25) is 5.91 Å². The van der Waals surface area contributed by atoms with E-state index in [1.807, 2.05) is 19.1 Å². The van der Waals surface area contributed by atoms with Crippen molar-refractivity contribution in [2.75, 3.05) is 6.54 Å². The molecule has 4 atom stereocenters. The first-order chi connectivity index (χ1) is 14.7. The van der Waals surface area contributed by atoms with Crippen LogP contribution in [0.15, 0.2) is 36.5 Å². The number of aromatic nitrogens is 1. The minimum atomic E-state index is -1.27. The molecular weight excluding hydrogens is 409 g/mol. The summed E-state index contributed by atoms with van der Waals surface area (Å²) in [5, 5.41) is 13.8. The number of pyridine rings is 1. The van der Waals surface area contributed by atoms with Crippen molar-refractivity contribution in [1.82, 2.24) is 15.2 Å². The van der Waals surface area contributed by atoms with Crippen LogP contribution in [0.2, 0.25) is 0 Å². The average molecular weight is 436 g/mol. The number of aliphatic hydroxyl groups excluding tert-OH is 1. The number of nitrogens with zero attached hydrogens (tertiary/aromatic N) is 2. The van der Waals surface area contributed by atoms with Crippen LogP contribution in [0.25, 0.3) is 0 Å². The van der Waals surface area contributed by atoms with Crippen molar-refractivity contribution in [3.05, 3.63) is 65.2 Å². The fraction of sp³-hybridized carbons (Fsp3) is 0.455. The van der Waals surface area contributed by atoms with Crippen LogP contribution in [-0.4, -0.2) is 51.8 Å². The molecule has 4 unspecified atom stereocenters. The maximum atomic E-state index is 13.9. The van der Waals surface area contributed by atoms with Crippen molar-refractivity contribution >= 4 is 5.91 Å². The van der Waals surface area contributed by atoms with Gasteiger partial charge in [-0.15, -0.1) is 0 Å². The zero-order chi connectivity index (χ0) is 22.5. The van der Waals surface area contributed by atoms with Crippen molar-refractivity contribution in [2.24, 2.45) is 5.73 Å². The van der Waals surface area contributed by atoms with Gasteiger partial charge in [0, 0.05) is 49.4 Å². The number of hydrogen-bond donors (Lipinski definition) is 3. The number of halogens is 3. The van der Waals surface area contributed by atoms with Crippen LogP contribution in [-0.2, 0) is 17.6 Å². The van der Waals surface area contributed by atoms with E-state index in [0.29, 0.717) is 25.5 Å². The quantitative estimate of drug-likeness (QED) is 0.602. The fourth-order valence-electron chi connectivity index (χ4n) is 3.84. The van der Waals surface area contributed by atoms with Gasteiger partial charge in [-0.25, -0.2) is 13.2 Å². The Bertz CT molecular complexity index is 900. The SMILES string of the molecule is CC1CCN(C(=O)CC(N)Cc2cc(F)c(F)cc2F)C(Cc2ccccn2)C(O)N1. The lowest BCUT2D eigenvalue weighted by Gasteiger charge is -2.33. The molecule has 3 rings (SSSR count). The Balaban J connectivity index is 1.72. The van der Waals surface area contributed by atoms with Gasteiger partial charge in [-0.3, -0.25) is 15.1 Å². The van der Waals surface area contributed by atoms with Crippen molar-refractivity contribution < 1.29 is 23.1 Å². The van der Waals surface area contributed by atoms with Gasteiger partial charge in [0.05, 0.1) is 6.04 Å². The summed E-state index contributed by atoms with van der Waals surface area (Å²) in [5.74, 6) is -3.64. The zero-order valence-corrected chi connectivity index (χ0v) is 17.3. The van der Waals surface area contributed by atoms with Crippen LogP contribution in [0.5, 0.6) is 0 Å². The first kappa shape index (κ1) is 23.2. The number of hydrogen-bond acceptors (Lipinski definition) is 5. The lowest BCUT2D eigenvalue weighted by atomic mass is 10.0. The summed E-state index contributed by atoms with van der Waals surface area (Å²) in [5.41, 5.74) is 6.69. The largest absolute Gasteiger partial charge is 0.376 e. The Morgan fingerprint density at radius 1 is 1.29 bits per heavy atom. The Morgan fingerprint density at radius 2 is 2.03 bits per heavy atom. The van der Waals surface area contributed by atoms with E-state index in [1.165, 1.54) is 0 Å². The van der Waals surface area contributed by atoms with E-state index in [2.05, 4.69) is 10.3 Å². The lowest BCUT2D eigenvalue weighted by molar-refractivity contribution is -0.136. The summed E-state index contributed by atoms with van der Waals surface area (Å²) >= 11 is 0. The molecule has 0 radical (unpaired) electrons. The van der Waals surface area contributed by atoms with Crippen LogP contribution in [0, 0.1) is 17.5 Å². The number of nitrogens with one attached hydrogen (secondary N) is 1. The zero-order valence-electron chi connectivity index (χ0n) is 17.3. The van der Waals surface area contributed by atoms with Crippen LogP contribution in [0.4, 0.5) is 13.2 Å². The predicted octanol–water partition coefficient (Wildman–Crippen LogP) is 1.90. The number of carbonyl (C=O) groups excluding carboxylic acids is 1. The van der Waals surface area contributed by atoms with Gasteiger partial charge in [0.15, 0.2) is 11.6 Å². The molecule has 1 saturated heterocycles. The smallest absolute Gasteiger partial charge is 0.224 e. The maximum absolute atomic E-state index is 13.9. The van der Waals surface area contributed by atoms with E-state index < -0.39 is 35.8 Å². The number of amides is 1. The number of benzene rings is 1. The minimum Gasteiger partial charge on any atom is -0.376 e. The molecule has 1 fully saturated rings. The van der Waals surface area contributed by atoms with Gasteiger partial charge in [0.25, 0.3) is 0 Å². The molecule has 4 N–H and O–H groups in total. The topological polar surface area (TPSA) is 91.5 Å². The Morgan fingerprint density at radius 3 is 2.74 bits per heavy atom. The normalized spacial score (nSPS) is 22.8. The third kappa shape index (κ3) is 6.03. The molecule has 168 valence electrons. The second-order valence-electron chi connectivity index (χ2n) is 8.01. The van der Waals surface area contributed by atoms with E-state index in [4.69, 9.17) is 5.73 Å². The number of nitrogens with two attached hydrogens (primary N) is 1. The lowest BCUT2D eigenvalue weighted by Crippen LogP contribution is -2.52. The molecule has 1 aliphatic heterocycles. The maximum Gasteiger partial charge on any atom is 0.224 e. The van der Waals surface area contributed by atoms with Gasteiger partial charge in [0.1, 0.15) is 12.0 Å². The molecule has 1 aliphatic rings. The third-order valence-electron chi connectivity index (χ3n) is 5.50. The monoisotopic (exact) mass is 436 g/mol. The van der Waals surface area contributed by atoms with E-state index in [1.54, 1.807) is 17.2 Å². The van der Waals surface area contributed by atoms with Gasteiger partial charge < -0.3 is 15.7 Å². The molecule has 0 saturated carbocycles. The van der Waals surface area contributed by atoms with Gasteiger partial charge >= 0.3 is 0 Å². The molecule has 0 spiro atoms. The Labute approximate surface area is 179 Å². The first-order valence-electron chi connectivity index (χ1n) is 10.3. The second-order valence-corrected chi connectivity index (χ2v) is 8.01. The van der Waals surface area contributed by atoms with Crippen LogP contribution >= 0.6 is 0 Å². The van der Waals surface area contributed by atoms with E-state index in [9.17, 15) is 23.1 Å². The van der Waals surface area contributed by atoms with Crippen molar-refractivity contribution in [3.63, 3.8) is 0 Å². The molecule has 0 aliphatic carbocycles. The summed E-state index contributed by atoms with van der Waals surface area (Å²) in [6.45, 7) is 2.33. The molecule has 2 heterocycles. The second kappa shape index (κ2) is 10.2. The molecule has 31 heavy (non-hydrogen) atoms.